The second-order valence-corrected chi connectivity index (χ2v) is 9.49. The van der Waals surface area contributed by atoms with Crippen LogP contribution in [0, 0.1) is 0 Å². The highest BCUT2D eigenvalue weighted by Crippen LogP contribution is 2.43. The lowest BCUT2D eigenvalue weighted by Gasteiger charge is -2.16. The molecule has 1 amide bonds. The number of esters is 1. The Kier molecular flexibility index (Phi) is 6.33. The summed E-state index contributed by atoms with van der Waals surface area (Å²) in [4.78, 5) is 26.9. The van der Waals surface area contributed by atoms with Crippen molar-refractivity contribution in [3.05, 3.63) is 33.5 Å². The van der Waals surface area contributed by atoms with Gasteiger partial charge >= 0.3 is 12.1 Å². The van der Waals surface area contributed by atoms with Gasteiger partial charge in [-0.05, 0) is 63.5 Å². The average Bonchev–Trinajstić information content (AvgIpc) is 3.37. The number of carbonyl (C=O) groups is 2. The predicted molar refractivity (Wildman–Crippen MR) is 114 cm³/mol. The van der Waals surface area contributed by atoms with E-state index in [1.54, 1.807) is 0 Å². The van der Waals surface area contributed by atoms with E-state index in [2.05, 4.69) is 10.4 Å². The van der Waals surface area contributed by atoms with E-state index < -0.39 is 29.8 Å². The molecule has 2 aliphatic rings. The van der Waals surface area contributed by atoms with Crippen LogP contribution < -0.4 is 5.32 Å². The Morgan fingerprint density at radius 2 is 2.03 bits per heavy atom. The lowest BCUT2D eigenvalue weighted by Crippen LogP contribution is -2.26. The number of aromatic nitrogens is 2. The molecule has 4 rings (SSSR count). The first-order chi connectivity index (χ1) is 15.2. The number of aryl methyl sites for hydroxylation is 1. The molecule has 0 spiro atoms. The van der Waals surface area contributed by atoms with Crippen LogP contribution in [0.2, 0.25) is 0 Å². The predicted octanol–water partition coefficient (Wildman–Crippen LogP) is 5.49. The van der Waals surface area contributed by atoms with Gasteiger partial charge in [-0.2, -0.15) is 18.3 Å². The van der Waals surface area contributed by atoms with Crippen LogP contribution in [-0.4, -0.2) is 28.3 Å². The molecule has 1 N–H and O–H groups in total. The van der Waals surface area contributed by atoms with Crippen LogP contribution in [-0.2, 0) is 28.5 Å². The van der Waals surface area contributed by atoms with Gasteiger partial charge in [0.15, 0.2) is 5.69 Å². The molecule has 2 heterocycles. The summed E-state index contributed by atoms with van der Waals surface area (Å²) in [5, 5.41) is 6.91. The third-order valence-corrected chi connectivity index (χ3v) is 7.05. The molecular weight excluding hydrogens is 443 g/mol. The molecule has 32 heavy (non-hydrogen) atoms. The molecule has 0 aromatic carbocycles. The molecule has 2 aromatic heterocycles. The molecule has 0 bridgehead atoms. The number of ether oxygens (including phenoxy) is 1. The Balaban J connectivity index is 1.61. The minimum atomic E-state index is -4.58. The van der Waals surface area contributed by atoms with Crippen LogP contribution in [0.25, 0.3) is 0 Å². The van der Waals surface area contributed by atoms with Gasteiger partial charge in [0.05, 0.1) is 12.2 Å². The Bertz CT molecular complexity index is 1020. The van der Waals surface area contributed by atoms with Gasteiger partial charge in [-0.3, -0.25) is 9.48 Å². The Labute approximate surface area is 188 Å². The summed E-state index contributed by atoms with van der Waals surface area (Å²) in [6.07, 6.45) is 1.21. The Morgan fingerprint density at radius 3 is 2.69 bits per heavy atom. The number of hydrogen-bond acceptors (Lipinski definition) is 5. The summed E-state index contributed by atoms with van der Waals surface area (Å²) in [5.41, 5.74) is 0.738. The zero-order valence-corrected chi connectivity index (χ0v) is 18.9. The number of halogens is 3. The van der Waals surface area contributed by atoms with E-state index in [1.165, 1.54) is 22.9 Å². The van der Waals surface area contributed by atoms with Gasteiger partial charge in [0.25, 0.3) is 0 Å². The number of hydrogen-bond donors (Lipinski definition) is 1. The van der Waals surface area contributed by atoms with E-state index in [9.17, 15) is 22.8 Å². The summed E-state index contributed by atoms with van der Waals surface area (Å²) >= 11 is 1.35. The summed E-state index contributed by atoms with van der Waals surface area (Å²) in [7, 11) is 0. The van der Waals surface area contributed by atoms with Crippen molar-refractivity contribution in [1.29, 1.82) is 0 Å². The Morgan fingerprint density at radius 1 is 1.31 bits per heavy atom. The summed E-state index contributed by atoms with van der Waals surface area (Å²) in [5.74, 6) is -0.985. The molecule has 1 saturated carbocycles. The maximum atomic E-state index is 13.2. The number of thiophene rings is 1. The number of nitrogens with one attached hydrogen (secondary N) is 1. The monoisotopic (exact) mass is 469 g/mol. The maximum Gasteiger partial charge on any atom is 0.435 e. The maximum absolute atomic E-state index is 13.2. The summed E-state index contributed by atoms with van der Waals surface area (Å²) < 4.78 is 46.2. The minimum Gasteiger partial charge on any atom is -0.462 e. The molecule has 1 fully saturated rings. The summed E-state index contributed by atoms with van der Waals surface area (Å²) in [6, 6.07) is 0.0825. The first-order valence-corrected chi connectivity index (χ1v) is 11.8. The number of fused-ring (bicyclic) bond motifs is 1. The highest BCUT2D eigenvalue weighted by molar-refractivity contribution is 7.17. The molecule has 2 aliphatic carbocycles. The van der Waals surface area contributed by atoms with Crippen molar-refractivity contribution in [3.63, 3.8) is 0 Å². The van der Waals surface area contributed by atoms with Gasteiger partial charge in [0, 0.05) is 16.5 Å². The van der Waals surface area contributed by atoms with Crippen LogP contribution in [0.15, 0.2) is 6.07 Å². The van der Waals surface area contributed by atoms with E-state index in [-0.39, 0.29) is 12.5 Å². The average molecular weight is 470 g/mol. The second kappa shape index (κ2) is 8.88. The smallest absolute Gasteiger partial charge is 0.435 e. The number of alkyl halides is 3. The topological polar surface area (TPSA) is 73.2 Å². The fourth-order valence-electron chi connectivity index (χ4n) is 4.01. The van der Waals surface area contributed by atoms with Crippen LogP contribution in [0.3, 0.4) is 0 Å². The molecule has 1 unspecified atom stereocenters. The fourth-order valence-corrected chi connectivity index (χ4v) is 5.29. The minimum absolute atomic E-state index is 0.0116. The van der Waals surface area contributed by atoms with E-state index in [0.717, 1.165) is 55.0 Å². The molecule has 0 saturated heterocycles. The number of anilines is 1. The molecule has 10 heteroatoms. The molecule has 1 atom stereocenters. The number of rotatable bonds is 7. The molecule has 2 aromatic rings. The normalized spacial score (nSPS) is 17.0. The second-order valence-electron chi connectivity index (χ2n) is 8.39. The van der Waals surface area contributed by atoms with Crippen molar-refractivity contribution in [2.24, 2.45) is 0 Å². The zero-order chi connectivity index (χ0) is 23.0. The SMILES string of the molecule is CCCOC(=O)c1c(NC(=O)C(C)n2nc(C(F)(F)F)cc2C2CC2)sc2c1CCCC2. The van der Waals surface area contributed by atoms with Crippen LogP contribution in [0.1, 0.15) is 90.1 Å². The van der Waals surface area contributed by atoms with E-state index in [1.807, 2.05) is 6.92 Å². The first-order valence-electron chi connectivity index (χ1n) is 11.0. The van der Waals surface area contributed by atoms with Crippen molar-refractivity contribution in [2.75, 3.05) is 11.9 Å². The van der Waals surface area contributed by atoms with E-state index >= 15 is 0 Å². The van der Waals surface area contributed by atoms with Crippen LogP contribution >= 0.6 is 11.3 Å². The lowest BCUT2D eigenvalue weighted by atomic mass is 9.95. The molecule has 174 valence electrons. The first kappa shape index (κ1) is 22.8. The number of carbonyl (C=O) groups excluding carboxylic acids is 2. The third kappa shape index (κ3) is 4.55. The van der Waals surface area contributed by atoms with E-state index in [0.29, 0.717) is 22.7 Å². The van der Waals surface area contributed by atoms with Gasteiger partial charge < -0.3 is 10.1 Å². The van der Waals surface area contributed by atoms with Crippen molar-refractivity contribution >= 4 is 28.2 Å². The quantitative estimate of drug-likeness (QED) is 0.545. The zero-order valence-electron chi connectivity index (χ0n) is 18.1. The molecule has 0 radical (unpaired) electrons. The van der Waals surface area contributed by atoms with Crippen molar-refractivity contribution in [3.8, 4) is 0 Å². The molecule has 0 aliphatic heterocycles. The Hall–Kier alpha value is -2.36. The molecule has 6 nitrogen and oxygen atoms in total. The number of amides is 1. The van der Waals surface area contributed by atoms with Gasteiger partial charge in [-0.15, -0.1) is 11.3 Å². The fraction of sp³-hybridized carbons (Fsp3) is 0.591. The highest BCUT2D eigenvalue weighted by atomic mass is 32.1. The summed E-state index contributed by atoms with van der Waals surface area (Å²) in [6.45, 7) is 3.71. The largest absolute Gasteiger partial charge is 0.462 e. The van der Waals surface area contributed by atoms with Crippen molar-refractivity contribution in [1.82, 2.24) is 9.78 Å². The lowest BCUT2D eigenvalue weighted by molar-refractivity contribution is -0.141. The van der Waals surface area contributed by atoms with Crippen molar-refractivity contribution < 1.29 is 27.5 Å². The van der Waals surface area contributed by atoms with Gasteiger partial charge in [0.1, 0.15) is 11.0 Å². The number of nitrogens with zero attached hydrogens (tertiary/aromatic N) is 2. The standard InChI is InChI=1S/C22H26F3N3O3S/c1-3-10-31-21(30)18-14-6-4-5-7-16(14)32-20(18)26-19(29)12(2)28-15(13-8-9-13)11-17(27-28)22(23,24)25/h11-13H,3-10H2,1-2H3,(H,26,29). The molecular formula is C22H26F3N3O3S. The van der Waals surface area contributed by atoms with Gasteiger partial charge in [-0.25, -0.2) is 4.79 Å². The van der Waals surface area contributed by atoms with E-state index in [4.69, 9.17) is 4.74 Å². The van der Waals surface area contributed by atoms with Gasteiger partial charge in [0.2, 0.25) is 5.91 Å². The highest BCUT2D eigenvalue weighted by Gasteiger charge is 2.39. The van der Waals surface area contributed by atoms with Gasteiger partial charge in [-0.1, -0.05) is 6.92 Å². The van der Waals surface area contributed by atoms with Crippen LogP contribution in [0.5, 0.6) is 0 Å². The van der Waals surface area contributed by atoms with Crippen molar-refractivity contribution in [2.45, 2.75) is 76.9 Å². The third-order valence-electron chi connectivity index (χ3n) is 5.85. The van der Waals surface area contributed by atoms with Crippen LogP contribution in [0.4, 0.5) is 18.2 Å².